The average Bonchev–Trinajstić information content (AvgIpc) is 3.14. The highest BCUT2D eigenvalue weighted by molar-refractivity contribution is 5.75. The van der Waals surface area contributed by atoms with Gasteiger partial charge in [-0.05, 0) is 43.2 Å². The minimum Gasteiger partial charge on any atom is -0.490 e. The van der Waals surface area contributed by atoms with Gasteiger partial charge in [0.2, 0.25) is 12.7 Å². The van der Waals surface area contributed by atoms with E-state index in [-0.39, 0.29) is 12.7 Å². The van der Waals surface area contributed by atoms with Crippen molar-refractivity contribution < 1.29 is 23.7 Å². The smallest absolute Gasteiger partial charge is 0.231 e. The minimum absolute atomic E-state index is 0.0781. The van der Waals surface area contributed by atoms with Gasteiger partial charge in [-0.2, -0.15) is 0 Å². The van der Waals surface area contributed by atoms with Crippen LogP contribution in [0.2, 0.25) is 0 Å². The lowest BCUT2D eigenvalue weighted by Crippen LogP contribution is -2.26. The van der Waals surface area contributed by atoms with Crippen LogP contribution < -0.4 is 18.9 Å². The zero-order valence-electron chi connectivity index (χ0n) is 15.8. The highest BCUT2D eigenvalue weighted by Crippen LogP contribution is 2.32. The van der Waals surface area contributed by atoms with Crippen molar-refractivity contribution >= 4 is 5.91 Å². The van der Waals surface area contributed by atoms with Gasteiger partial charge in [-0.25, -0.2) is 0 Å². The van der Waals surface area contributed by atoms with Crippen LogP contribution in [-0.4, -0.2) is 37.9 Å². The predicted octanol–water partition coefficient (Wildman–Crippen LogP) is 3.63. The largest absolute Gasteiger partial charge is 0.490 e. The van der Waals surface area contributed by atoms with Crippen LogP contribution in [0.4, 0.5) is 0 Å². The Balaban J connectivity index is 1.42. The number of benzene rings is 2. The van der Waals surface area contributed by atoms with Crippen molar-refractivity contribution in [1.29, 1.82) is 0 Å². The molecule has 0 N–H and O–H groups in total. The van der Waals surface area contributed by atoms with Crippen molar-refractivity contribution in [2.24, 2.45) is 0 Å². The minimum atomic E-state index is 0.0781. The molecule has 0 saturated carbocycles. The van der Waals surface area contributed by atoms with E-state index in [1.165, 1.54) is 0 Å². The molecule has 0 saturated heterocycles. The molecule has 27 heavy (non-hydrogen) atoms. The molecule has 1 amide bonds. The Hall–Kier alpha value is -2.89. The molecule has 2 aromatic carbocycles. The SMILES string of the molecule is CCOc1ccccc1OCCCC(=O)N(C)Cc1ccc2c(c1)OCO2. The Morgan fingerprint density at radius 1 is 1.07 bits per heavy atom. The summed E-state index contributed by atoms with van der Waals surface area (Å²) in [7, 11) is 1.80. The monoisotopic (exact) mass is 371 g/mol. The molecule has 0 aromatic heterocycles. The van der Waals surface area contributed by atoms with Gasteiger partial charge in [-0.3, -0.25) is 4.79 Å². The molecular formula is C21H25NO5. The summed E-state index contributed by atoms with van der Waals surface area (Å²) in [6.07, 6.45) is 1.07. The molecule has 3 rings (SSSR count). The number of amides is 1. The molecule has 0 spiro atoms. The van der Waals surface area contributed by atoms with E-state index in [0.29, 0.717) is 38.3 Å². The number of hydrogen-bond donors (Lipinski definition) is 0. The number of rotatable bonds is 9. The van der Waals surface area contributed by atoms with Crippen LogP contribution >= 0.6 is 0 Å². The molecule has 0 aliphatic carbocycles. The molecular weight excluding hydrogens is 346 g/mol. The fourth-order valence-corrected chi connectivity index (χ4v) is 2.84. The summed E-state index contributed by atoms with van der Waals surface area (Å²) >= 11 is 0. The lowest BCUT2D eigenvalue weighted by Gasteiger charge is -2.18. The number of carbonyl (C=O) groups excluding carboxylic acids is 1. The topological polar surface area (TPSA) is 57.2 Å². The molecule has 6 nitrogen and oxygen atoms in total. The first kappa shape index (κ1) is 18.9. The number of carbonyl (C=O) groups is 1. The Morgan fingerprint density at radius 3 is 2.59 bits per heavy atom. The summed E-state index contributed by atoms with van der Waals surface area (Å²) < 4.78 is 22.0. The zero-order valence-corrected chi connectivity index (χ0v) is 15.8. The Morgan fingerprint density at radius 2 is 1.81 bits per heavy atom. The van der Waals surface area contributed by atoms with Crippen LogP contribution in [0, 0.1) is 0 Å². The standard InChI is InChI=1S/C21H25NO5/c1-3-24-17-7-4-5-8-18(17)25-12-6-9-21(23)22(2)14-16-10-11-19-20(13-16)27-15-26-19/h4-5,7-8,10-11,13H,3,6,9,12,14-15H2,1-2H3. The summed E-state index contributed by atoms with van der Waals surface area (Å²) in [6, 6.07) is 13.3. The van der Waals surface area contributed by atoms with E-state index in [2.05, 4.69) is 0 Å². The molecule has 1 aliphatic heterocycles. The molecule has 1 aliphatic rings. The first-order valence-electron chi connectivity index (χ1n) is 9.14. The van der Waals surface area contributed by atoms with E-state index < -0.39 is 0 Å². The molecule has 6 heteroatoms. The second-order valence-corrected chi connectivity index (χ2v) is 6.27. The highest BCUT2D eigenvalue weighted by atomic mass is 16.7. The van der Waals surface area contributed by atoms with Crippen molar-refractivity contribution in [3.63, 3.8) is 0 Å². The number of ether oxygens (including phenoxy) is 4. The van der Waals surface area contributed by atoms with Gasteiger partial charge in [-0.15, -0.1) is 0 Å². The van der Waals surface area contributed by atoms with Gasteiger partial charge in [-0.1, -0.05) is 18.2 Å². The number of nitrogens with zero attached hydrogens (tertiary/aromatic N) is 1. The van der Waals surface area contributed by atoms with E-state index >= 15 is 0 Å². The van der Waals surface area contributed by atoms with Gasteiger partial charge >= 0.3 is 0 Å². The van der Waals surface area contributed by atoms with Gasteiger partial charge in [0, 0.05) is 20.0 Å². The third kappa shape index (κ3) is 5.06. The maximum absolute atomic E-state index is 12.4. The van der Waals surface area contributed by atoms with E-state index in [0.717, 1.165) is 22.8 Å². The van der Waals surface area contributed by atoms with Crippen molar-refractivity contribution in [2.45, 2.75) is 26.3 Å². The van der Waals surface area contributed by atoms with E-state index in [4.69, 9.17) is 18.9 Å². The average molecular weight is 371 g/mol. The van der Waals surface area contributed by atoms with Crippen molar-refractivity contribution in [3.05, 3.63) is 48.0 Å². The molecule has 0 bridgehead atoms. The Labute approximate surface area is 159 Å². The van der Waals surface area contributed by atoms with E-state index in [1.54, 1.807) is 11.9 Å². The normalized spacial score (nSPS) is 11.9. The van der Waals surface area contributed by atoms with Crippen LogP contribution in [0.5, 0.6) is 23.0 Å². The fraction of sp³-hybridized carbons (Fsp3) is 0.381. The van der Waals surface area contributed by atoms with Gasteiger partial charge in [0.05, 0.1) is 13.2 Å². The van der Waals surface area contributed by atoms with Crippen LogP contribution in [0.1, 0.15) is 25.3 Å². The quantitative estimate of drug-likeness (QED) is 0.630. The van der Waals surface area contributed by atoms with Crippen LogP contribution in [0.25, 0.3) is 0 Å². The first-order valence-corrected chi connectivity index (χ1v) is 9.14. The molecule has 0 unspecified atom stereocenters. The lowest BCUT2D eigenvalue weighted by molar-refractivity contribution is -0.130. The predicted molar refractivity (Wildman–Crippen MR) is 101 cm³/mol. The summed E-state index contributed by atoms with van der Waals surface area (Å²) in [5, 5.41) is 0. The molecule has 0 radical (unpaired) electrons. The van der Waals surface area contributed by atoms with Gasteiger partial charge in [0.25, 0.3) is 0 Å². The number of fused-ring (bicyclic) bond motifs is 1. The van der Waals surface area contributed by atoms with E-state index in [9.17, 15) is 4.79 Å². The molecule has 0 atom stereocenters. The molecule has 1 heterocycles. The maximum atomic E-state index is 12.4. The highest BCUT2D eigenvalue weighted by Gasteiger charge is 2.15. The van der Waals surface area contributed by atoms with Crippen molar-refractivity contribution in [3.8, 4) is 23.0 Å². The van der Waals surface area contributed by atoms with Gasteiger partial charge in [0.15, 0.2) is 23.0 Å². The summed E-state index contributed by atoms with van der Waals surface area (Å²) in [5.74, 6) is 2.99. The number of para-hydroxylation sites is 2. The first-order chi connectivity index (χ1) is 13.2. The maximum Gasteiger partial charge on any atom is 0.231 e. The van der Waals surface area contributed by atoms with Crippen LogP contribution in [-0.2, 0) is 11.3 Å². The van der Waals surface area contributed by atoms with E-state index in [1.807, 2.05) is 49.4 Å². The third-order valence-corrected chi connectivity index (χ3v) is 4.22. The summed E-state index contributed by atoms with van der Waals surface area (Å²) in [4.78, 5) is 14.1. The molecule has 144 valence electrons. The summed E-state index contributed by atoms with van der Waals surface area (Å²) in [5.41, 5.74) is 1.01. The second-order valence-electron chi connectivity index (χ2n) is 6.27. The Bertz CT molecular complexity index is 777. The zero-order chi connectivity index (χ0) is 19.1. The van der Waals surface area contributed by atoms with Gasteiger partial charge < -0.3 is 23.8 Å². The van der Waals surface area contributed by atoms with Gasteiger partial charge in [0.1, 0.15) is 0 Å². The Kier molecular flexibility index (Phi) is 6.41. The summed E-state index contributed by atoms with van der Waals surface area (Å²) in [6.45, 7) is 3.77. The molecule has 0 fully saturated rings. The van der Waals surface area contributed by atoms with Crippen molar-refractivity contribution in [2.75, 3.05) is 27.1 Å². The van der Waals surface area contributed by atoms with Crippen LogP contribution in [0.3, 0.4) is 0 Å². The fourth-order valence-electron chi connectivity index (χ4n) is 2.84. The second kappa shape index (κ2) is 9.16. The molecule has 2 aromatic rings. The third-order valence-electron chi connectivity index (χ3n) is 4.22. The lowest BCUT2D eigenvalue weighted by atomic mass is 10.2. The number of hydrogen-bond acceptors (Lipinski definition) is 5. The van der Waals surface area contributed by atoms with Crippen LogP contribution in [0.15, 0.2) is 42.5 Å². The van der Waals surface area contributed by atoms with Crippen molar-refractivity contribution in [1.82, 2.24) is 4.90 Å².